The van der Waals surface area contributed by atoms with Crippen LogP contribution in [0.25, 0.3) is 0 Å². The molecule has 2 unspecified atom stereocenters. The number of hydrogen-bond donors (Lipinski definition) is 2. The predicted octanol–water partition coefficient (Wildman–Crippen LogP) is 3.22. The Labute approximate surface area is 162 Å². The number of piperidine rings is 1. The average molecular weight is 390 g/mol. The third-order valence-corrected chi connectivity index (χ3v) is 5.45. The highest BCUT2D eigenvalue weighted by Gasteiger charge is 2.24. The van der Waals surface area contributed by atoms with Crippen LogP contribution in [-0.2, 0) is 6.42 Å². The summed E-state index contributed by atoms with van der Waals surface area (Å²) >= 11 is 0. The number of nitrogens with one attached hydrogen (secondary N) is 2. The number of hydrogen-bond acceptors (Lipinski definition) is 4. The fourth-order valence-corrected chi connectivity index (χ4v) is 4.07. The van der Waals surface area contributed by atoms with Crippen molar-refractivity contribution >= 4 is 5.91 Å². The summed E-state index contributed by atoms with van der Waals surface area (Å²) in [7, 11) is 0. The van der Waals surface area contributed by atoms with E-state index in [-0.39, 0.29) is 23.7 Å². The first-order chi connectivity index (χ1) is 13.6. The van der Waals surface area contributed by atoms with Gasteiger partial charge >= 0.3 is 6.61 Å². The molecule has 2 atom stereocenters. The van der Waals surface area contributed by atoms with E-state index in [4.69, 9.17) is 0 Å². The van der Waals surface area contributed by atoms with Gasteiger partial charge in [-0.05, 0) is 68.0 Å². The number of ether oxygens (including phenoxy) is 1. The highest BCUT2D eigenvalue weighted by atomic mass is 19.3. The van der Waals surface area contributed by atoms with Gasteiger partial charge in [0.1, 0.15) is 11.4 Å². The van der Waals surface area contributed by atoms with Gasteiger partial charge in [-0.15, -0.1) is 0 Å². The van der Waals surface area contributed by atoms with E-state index < -0.39 is 6.61 Å². The van der Waals surface area contributed by atoms with Crippen molar-refractivity contribution in [1.29, 1.82) is 0 Å². The summed E-state index contributed by atoms with van der Waals surface area (Å²) in [6, 6.07) is 6.80. The van der Waals surface area contributed by atoms with Crippen molar-refractivity contribution in [3.63, 3.8) is 0 Å². The molecule has 0 spiro atoms. The summed E-state index contributed by atoms with van der Waals surface area (Å²) < 4.78 is 31.2. The Balaban J connectivity index is 1.45. The van der Waals surface area contributed by atoms with Crippen molar-refractivity contribution in [1.82, 2.24) is 20.4 Å². The number of rotatable bonds is 5. The third-order valence-electron chi connectivity index (χ3n) is 5.45. The monoisotopic (exact) mass is 390 g/mol. The molecule has 2 heterocycles. The Morgan fingerprint density at radius 2 is 2.18 bits per heavy atom. The van der Waals surface area contributed by atoms with Crippen LogP contribution < -0.4 is 15.4 Å². The number of halogens is 2. The van der Waals surface area contributed by atoms with E-state index in [0.717, 1.165) is 56.3 Å². The minimum absolute atomic E-state index is 0.153. The molecule has 2 aromatic rings. The second-order valence-corrected chi connectivity index (χ2v) is 7.34. The summed E-state index contributed by atoms with van der Waals surface area (Å²) in [6.45, 7) is -0.954. The molecule has 2 N–H and O–H groups in total. The van der Waals surface area contributed by atoms with Crippen LogP contribution in [-0.4, -0.2) is 35.4 Å². The lowest BCUT2D eigenvalue weighted by atomic mass is 9.87. The van der Waals surface area contributed by atoms with Crippen LogP contribution in [0.3, 0.4) is 0 Å². The number of aromatic nitrogens is 2. The van der Waals surface area contributed by atoms with Gasteiger partial charge in [-0.3, -0.25) is 9.48 Å². The van der Waals surface area contributed by atoms with Crippen LogP contribution in [0.5, 0.6) is 5.75 Å². The van der Waals surface area contributed by atoms with Crippen molar-refractivity contribution in [2.45, 2.75) is 50.8 Å². The number of benzene rings is 1. The predicted molar refractivity (Wildman–Crippen MR) is 99.6 cm³/mol. The highest BCUT2D eigenvalue weighted by molar-refractivity contribution is 5.92. The zero-order valence-electron chi connectivity index (χ0n) is 15.5. The van der Waals surface area contributed by atoms with Crippen LogP contribution in [0.15, 0.2) is 30.5 Å². The maximum absolute atomic E-state index is 12.7. The highest BCUT2D eigenvalue weighted by Crippen LogP contribution is 2.32. The maximum atomic E-state index is 12.7. The van der Waals surface area contributed by atoms with Gasteiger partial charge in [0.25, 0.3) is 5.91 Å². The number of amides is 1. The molecule has 1 fully saturated rings. The Morgan fingerprint density at radius 1 is 1.29 bits per heavy atom. The standard InChI is InChI=1S/C20H24F2N4O2/c21-20(22)28-15-6-7-16-13(11-15)3-1-5-17(16)24-19(27)18-8-10-26(25-18)14-4-2-9-23-12-14/h6-8,10-11,14,17,20,23H,1-5,9,12H2,(H,24,27). The van der Waals surface area contributed by atoms with Crippen molar-refractivity contribution < 1.29 is 18.3 Å². The van der Waals surface area contributed by atoms with Gasteiger partial charge in [0.05, 0.1) is 12.1 Å². The first-order valence-electron chi connectivity index (χ1n) is 9.74. The van der Waals surface area contributed by atoms with Crippen molar-refractivity contribution in [2.24, 2.45) is 0 Å². The third kappa shape index (κ3) is 4.16. The van der Waals surface area contributed by atoms with Crippen molar-refractivity contribution in [3.05, 3.63) is 47.3 Å². The minimum atomic E-state index is -2.84. The van der Waals surface area contributed by atoms with E-state index in [1.54, 1.807) is 18.2 Å². The van der Waals surface area contributed by atoms with Crippen LogP contribution in [0.1, 0.15) is 59.4 Å². The van der Waals surface area contributed by atoms with Gasteiger partial charge in [0, 0.05) is 12.7 Å². The van der Waals surface area contributed by atoms with E-state index in [2.05, 4.69) is 20.5 Å². The van der Waals surface area contributed by atoms with Crippen LogP contribution in [0.4, 0.5) is 8.78 Å². The maximum Gasteiger partial charge on any atom is 0.387 e. The first kappa shape index (κ1) is 18.9. The number of fused-ring (bicyclic) bond motifs is 1. The van der Waals surface area contributed by atoms with Gasteiger partial charge in [0.15, 0.2) is 0 Å². The molecular formula is C20H24F2N4O2. The van der Waals surface area contributed by atoms with Crippen LogP contribution in [0.2, 0.25) is 0 Å². The molecule has 28 heavy (non-hydrogen) atoms. The smallest absolute Gasteiger partial charge is 0.387 e. The number of aryl methyl sites for hydroxylation is 1. The van der Waals surface area contributed by atoms with E-state index in [1.165, 1.54) is 6.07 Å². The van der Waals surface area contributed by atoms with E-state index >= 15 is 0 Å². The number of carbonyl (C=O) groups excluding carboxylic acids is 1. The summed E-state index contributed by atoms with van der Waals surface area (Å²) in [4.78, 5) is 12.7. The molecule has 8 heteroatoms. The zero-order valence-corrected chi connectivity index (χ0v) is 15.5. The second kappa shape index (κ2) is 8.26. The summed E-state index contributed by atoms with van der Waals surface area (Å²) in [6.07, 6.45) is 6.47. The molecule has 0 bridgehead atoms. The number of carbonyl (C=O) groups is 1. The van der Waals surface area contributed by atoms with E-state index in [0.29, 0.717) is 5.69 Å². The molecule has 1 aromatic carbocycles. The molecular weight excluding hydrogens is 366 g/mol. The van der Waals surface area contributed by atoms with Gasteiger partial charge in [-0.2, -0.15) is 13.9 Å². The Bertz CT molecular complexity index is 833. The lowest BCUT2D eigenvalue weighted by molar-refractivity contribution is -0.0499. The van der Waals surface area contributed by atoms with Crippen LogP contribution >= 0.6 is 0 Å². The van der Waals surface area contributed by atoms with Crippen LogP contribution in [0, 0.1) is 0 Å². The first-order valence-corrected chi connectivity index (χ1v) is 9.74. The molecule has 2 aliphatic rings. The molecule has 1 aromatic heterocycles. The normalized spacial score (nSPS) is 22.0. The molecule has 6 nitrogen and oxygen atoms in total. The number of alkyl halides is 2. The lowest BCUT2D eigenvalue weighted by Crippen LogP contribution is -2.33. The molecule has 0 radical (unpaired) electrons. The molecule has 1 amide bonds. The summed E-state index contributed by atoms with van der Waals surface area (Å²) in [5, 5.41) is 10.9. The summed E-state index contributed by atoms with van der Waals surface area (Å²) in [5.74, 6) is -0.0613. The molecule has 4 rings (SSSR count). The van der Waals surface area contributed by atoms with E-state index in [9.17, 15) is 13.6 Å². The quantitative estimate of drug-likeness (QED) is 0.823. The molecule has 150 valence electrons. The van der Waals surface area contributed by atoms with Gasteiger partial charge in [0.2, 0.25) is 0 Å². The molecule has 1 aliphatic heterocycles. The van der Waals surface area contributed by atoms with Gasteiger partial charge in [-0.25, -0.2) is 0 Å². The van der Waals surface area contributed by atoms with Gasteiger partial charge < -0.3 is 15.4 Å². The summed E-state index contributed by atoms with van der Waals surface area (Å²) in [5.41, 5.74) is 2.29. The Hall–Kier alpha value is -2.48. The fourth-order valence-electron chi connectivity index (χ4n) is 4.07. The molecule has 0 saturated carbocycles. The zero-order chi connectivity index (χ0) is 19.5. The topological polar surface area (TPSA) is 68.2 Å². The second-order valence-electron chi connectivity index (χ2n) is 7.34. The lowest BCUT2D eigenvalue weighted by Gasteiger charge is -2.26. The minimum Gasteiger partial charge on any atom is -0.435 e. The van der Waals surface area contributed by atoms with Crippen molar-refractivity contribution in [3.8, 4) is 5.75 Å². The van der Waals surface area contributed by atoms with E-state index in [1.807, 2.05) is 10.9 Å². The Kier molecular flexibility index (Phi) is 5.57. The van der Waals surface area contributed by atoms with Gasteiger partial charge in [-0.1, -0.05) is 6.07 Å². The Morgan fingerprint density at radius 3 is 2.96 bits per heavy atom. The molecule has 1 aliphatic carbocycles. The average Bonchev–Trinajstić information content (AvgIpc) is 3.19. The fraction of sp³-hybridized carbons (Fsp3) is 0.500. The number of nitrogens with zero attached hydrogens (tertiary/aromatic N) is 2. The molecule has 1 saturated heterocycles. The van der Waals surface area contributed by atoms with Crippen molar-refractivity contribution in [2.75, 3.05) is 13.1 Å². The largest absolute Gasteiger partial charge is 0.435 e. The SMILES string of the molecule is O=C(NC1CCCc2cc(OC(F)F)ccc21)c1ccn(C2CCCNC2)n1.